The van der Waals surface area contributed by atoms with Gasteiger partial charge in [-0.1, -0.05) is 206 Å². The van der Waals surface area contributed by atoms with Crippen LogP contribution in [0.25, 0.3) is 0 Å². The van der Waals surface area contributed by atoms with Gasteiger partial charge in [0.05, 0.1) is 6.04 Å². The predicted octanol–water partition coefficient (Wildman–Crippen LogP) is 12.4. The van der Waals surface area contributed by atoms with Crippen molar-refractivity contribution in [3.8, 4) is 0 Å². The SMILES string of the molecule is CCCCCCCCCCCCCCCCCCNCCCN(CCCCCCCCCCCCCCCCCC)C(CCCNCCCN)C(N)=O. The first-order chi connectivity index (χ1) is 26.2. The van der Waals surface area contributed by atoms with E-state index >= 15 is 0 Å². The Morgan fingerprint density at radius 2 is 0.717 bits per heavy atom. The maximum Gasteiger partial charge on any atom is 0.234 e. The van der Waals surface area contributed by atoms with Crippen molar-refractivity contribution in [2.75, 3.05) is 45.8 Å². The van der Waals surface area contributed by atoms with Crippen LogP contribution in [0.3, 0.4) is 0 Å². The fraction of sp³-hybridized carbons (Fsp3) is 0.979. The summed E-state index contributed by atoms with van der Waals surface area (Å²) in [5.41, 5.74) is 11.6. The highest BCUT2D eigenvalue weighted by Gasteiger charge is 2.22. The monoisotopic (exact) mass is 750 g/mol. The molecule has 318 valence electrons. The van der Waals surface area contributed by atoms with Crippen molar-refractivity contribution in [2.24, 2.45) is 11.5 Å². The van der Waals surface area contributed by atoms with E-state index in [4.69, 9.17) is 11.5 Å². The van der Waals surface area contributed by atoms with Crippen molar-refractivity contribution in [3.63, 3.8) is 0 Å². The van der Waals surface area contributed by atoms with Gasteiger partial charge in [0.1, 0.15) is 0 Å². The molecule has 6 nitrogen and oxygen atoms in total. The number of nitrogens with one attached hydrogen (secondary N) is 2. The highest BCUT2D eigenvalue weighted by atomic mass is 16.1. The van der Waals surface area contributed by atoms with Crippen molar-refractivity contribution >= 4 is 5.91 Å². The number of unbranched alkanes of at least 4 members (excludes halogenated alkanes) is 30. The summed E-state index contributed by atoms with van der Waals surface area (Å²) in [5.74, 6) is -0.149. The van der Waals surface area contributed by atoms with Crippen LogP contribution in [0.5, 0.6) is 0 Å². The molecule has 0 aromatic carbocycles. The number of hydrogen-bond acceptors (Lipinski definition) is 5. The summed E-state index contributed by atoms with van der Waals surface area (Å²) in [5, 5.41) is 7.16. The molecule has 0 saturated heterocycles. The molecule has 0 bridgehead atoms. The highest BCUT2D eigenvalue weighted by Crippen LogP contribution is 2.16. The Kier molecular flexibility index (Phi) is 45.1. The normalized spacial score (nSPS) is 12.3. The molecule has 0 saturated carbocycles. The second-order valence-electron chi connectivity index (χ2n) is 16.7. The van der Waals surface area contributed by atoms with Gasteiger partial charge in [-0.15, -0.1) is 0 Å². The summed E-state index contributed by atoms with van der Waals surface area (Å²) in [6.45, 7) is 11.3. The minimum atomic E-state index is -0.150. The minimum Gasteiger partial charge on any atom is -0.368 e. The Balaban J connectivity index is 4.07. The lowest BCUT2D eigenvalue weighted by Gasteiger charge is -2.30. The number of nitrogens with zero attached hydrogens (tertiary/aromatic N) is 1. The van der Waals surface area contributed by atoms with E-state index in [1.807, 2.05) is 0 Å². The maximum absolute atomic E-state index is 12.6. The van der Waals surface area contributed by atoms with Gasteiger partial charge in [-0.3, -0.25) is 9.69 Å². The van der Waals surface area contributed by atoms with Crippen LogP contribution >= 0.6 is 0 Å². The zero-order valence-corrected chi connectivity index (χ0v) is 36.5. The van der Waals surface area contributed by atoms with E-state index in [-0.39, 0.29) is 11.9 Å². The number of amides is 1. The average molecular weight is 750 g/mol. The number of hydrogen-bond donors (Lipinski definition) is 4. The molecule has 0 aliphatic heterocycles. The molecule has 0 fully saturated rings. The van der Waals surface area contributed by atoms with Gasteiger partial charge in [0.15, 0.2) is 0 Å². The van der Waals surface area contributed by atoms with Crippen molar-refractivity contribution in [1.29, 1.82) is 0 Å². The number of carbonyl (C=O) groups is 1. The van der Waals surface area contributed by atoms with Crippen LogP contribution in [0.4, 0.5) is 0 Å². The molecule has 6 heteroatoms. The van der Waals surface area contributed by atoms with Crippen LogP contribution in [0, 0.1) is 0 Å². The van der Waals surface area contributed by atoms with Crippen molar-refractivity contribution in [3.05, 3.63) is 0 Å². The van der Waals surface area contributed by atoms with Crippen LogP contribution in [0.2, 0.25) is 0 Å². The van der Waals surface area contributed by atoms with Gasteiger partial charge < -0.3 is 22.1 Å². The lowest BCUT2D eigenvalue weighted by molar-refractivity contribution is -0.123. The number of rotatable bonds is 47. The molecular formula is C47H99N5O. The molecule has 0 aliphatic carbocycles. The largest absolute Gasteiger partial charge is 0.368 e. The molecule has 0 heterocycles. The van der Waals surface area contributed by atoms with Crippen molar-refractivity contribution < 1.29 is 4.79 Å². The molecule has 1 unspecified atom stereocenters. The number of nitrogens with two attached hydrogens (primary N) is 2. The Hall–Kier alpha value is -0.690. The minimum absolute atomic E-state index is 0.149. The summed E-state index contributed by atoms with van der Waals surface area (Å²) < 4.78 is 0. The van der Waals surface area contributed by atoms with Gasteiger partial charge in [-0.2, -0.15) is 0 Å². The zero-order chi connectivity index (χ0) is 38.6. The van der Waals surface area contributed by atoms with Gasteiger partial charge in [0.2, 0.25) is 5.91 Å². The van der Waals surface area contributed by atoms with Crippen LogP contribution in [0.1, 0.15) is 245 Å². The quantitative estimate of drug-likeness (QED) is 0.0465. The molecule has 6 N–H and O–H groups in total. The lowest BCUT2D eigenvalue weighted by Crippen LogP contribution is -2.46. The Labute approximate surface area is 333 Å². The second kappa shape index (κ2) is 45.7. The molecule has 1 amide bonds. The maximum atomic E-state index is 12.6. The molecule has 0 radical (unpaired) electrons. The van der Waals surface area contributed by atoms with Gasteiger partial charge >= 0.3 is 0 Å². The smallest absolute Gasteiger partial charge is 0.234 e. The fourth-order valence-corrected chi connectivity index (χ4v) is 7.89. The van der Waals surface area contributed by atoms with Gasteiger partial charge in [0, 0.05) is 6.54 Å². The summed E-state index contributed by atoms with van der Waals surface area (Å²) in [7, 11) is 0. The van der Waals surface area contributed by atoms with Crippen LogP contribution in [0.15, 0.2) is 0 Å². The van der Waals surface area contributed by atoms with Crippen LogP contribution in [-0.4, -0.2) is 62.7 Å². The van der Waals surface area contributed by atoms with Crippen LogP contribution in [-0.2, 0) is 4.79 Å². The molecule has 0 aromatic heterocycles. The molecule has 0 spiro atoms. The standard InChI is InChI=1S/C47H99N5O/c1-3-5-7-9-11-13-15-17-19-21-23-25-27-29-31-33-40-50-43-37-45-52(46(47(49)53)38-35-41-51-42-36-39-48)44-34-32-30-28-26-24-22-20-18-16-14-12-10-8-6-4-2/h46,50-51H,3-45,48H2,1-2H3,(H2,49,53). The molecule has 0 aliphatic rings. The molecule has 1 atom stereocenters. The Morgan fingerprint density at radius 3 is 1.09 bits per heavy atom. The average Bonchev–Trinajstić information content (AvgIpc) is 3.16. The molecule has 0 rings (SSSR count). The van der Waals surface area contributed by atoms with E-state index in [0.29, 0.717) is 0 Å². The van der Waals surface area contributed by atoms with Gasteiger partial charge in [-0.05, 0) is 77.8 Å². The van der Waals surface area contributed by atoms with Crippen LogP contribution < -0.4 is 22.1 Å². The van der Waals surface area contributed by atoms with E-state index in [9.17, 15) is 4.79 Å². The first kappa shape index (κ1) is 52.3. The molecule has 53 heavy (non-hydrogen) atoms. The number of carbonyl (C=O) groups excluding carboxylic acids is 1. The van der Waals surface area contributed by atoms with Crippen molar-refractivity contribution in [1.82, 2.24) is 15.5 Å². The Morgan fingerprint density at radius 1 is 0.415 bits per heavy atom. The predicted molar refractivity (Wildman–Crippen MR) is 237 cm³/mol. The third-order valence-corrected chi connectivity index (χ3v) is 11.5. The van der Waals surface area contributed by atoms with Gasteiger partial charge in [-0.25, -0.2) is 0 Å². The summed E-state index contributed by atoms with van der Waals surface area (Å²) >= 11 is 0. The topological polar surface area (TPSA) is 96.4 Å². The van der Waals surface area contributed by atoms with Crippen molar-refractivity contribution in [2.45, 2.75) is 251 Å². The van der Waals surface area contributed by atoms with E-state index in [1.165, 1.54) is 205 Å². The van der Waals surface area contributed by atoms with Gasteiger partial charge in [0.25, 0.3) is 0 Å². The first-order valence-electron chi connectivity index (χ1n) is 24.3. The zero-order valence-electron chi connectivity index (χ0n) is 36.5. The third kappa shape index (κ3) is 40.8. The second-order valence-corrected chi connectivity index (χ2v) is 16.7. The highest BCUT2D eigenvalue weighted by molar-refractivity contribution is 5.79. The number of primary amides is 1. The van der Waals surface area contributed by atoms with E-state index in [0.717, 1.165) is 71.5 Å². The molecular weight excluding hydrogens is 651 g/mol. The Bertz CT molecular complexity index is 692. The third-order valence-electron chi connectivity index (χ3n) is 11.5. The summed E-state index contributed by atoms with van der Waals surface area (Å²) in [6, 6.07) is -0.150. The van der Waals surface area contributed by atoms with E-state index in [2.05, 4.69) is 29.4 Å². The molecule has 0 aromatic rings. The summed E-state index contributed by atoms with van der Waals surface area (Å²) in [4.78, 5) is 15.0. The fourth-order valence-electron chi connectivity index (χ4n) is 7.89. The lowest BCUT2D eigenvalue weighted by atomic mass is 10.0. The van der Waals surface area contributed by atoms with E-state index in [1.54, 1.807) is 0 Å². The first-order valence-corrected chi connectivity index (χ1v) is 24.3. The summed E-state index contributed by atoms with van der Waals surface area (Å²) in [6.07, 6.45) is 48.7. The van der Waals surface area contributed by atoms with E-state index < -0.39 is 0 Å².